The van der Waals surface area contributed by atoms with Crippen LogP contribution in [0.1, 0.15) is 63.8 Å². The highest BCUT2D eigenvalue weighted by atomic mass is 15.0. The smallest absolute Gasteiger partial charge is 0.0582 e. The van der Waals surface area contributed by atoms with Crippen molar-refractivity contribution in [1.82, 2.24) is 4.57 Å². The Hall–Kier alpha value is -4.82. The third-order valence-electron chi connectivity index (χ3n) is 8.64. The number of fused-ring (bicyclic) bond motifs is 5. The zero-order valence-electron chi connectivity index (χ0n) is 27.6. The standard InChI is InChI=1S/C41H40N2.C2H6/c1-6-7-10-17-29(2)32-26-35-34-28-33(42-30(3)18-11-8-12-19-31-20-13-9-14-21-31)24-25-38(34)43-39-23-16-15-22-36(39)41(4,5)37(27-32)40(35)43;1-2/h6-18,20-28,30,42H,1,19H2,2-5H3;1-2H3/b10-7-,12-8-,18-11-,29-17+;. The molecule has 0 radical (unpaired) electrons. The monoisotopic (exact) mass is 590 g/mol. The van der Waals surface area contributed by atoms with Gasteiger partial charge in [0.05, 0.1) is 16.7 Å². The van der Waals surface area contributed by atoms with Gasteiger partial charge in [-0.15, -0.1) is 0 Å². The summed E-state index contributed by atoms with van der Waals surface area (Å²) >= 11 is 0. The Bertz CT molecular complexity index is 1930. The molecule has 0 saturated heterocycles. The minimum atomic E-state index is -0.124. The number of rotatable bonds is 9. The maximum absolute atomic E-state index is 3.82. The minimum Gasteiger partial charge on any atom is -0.379 e. The zero-order valence-corrected chi connectivity index (χ0v) is 27.6. The van der Waals surface area contributed by atoms with Crippen LogP contribution in [0, 0.1) is 0 Å². The summed E-state index contributed by atoms with van der Waals surface area (Å²) in [5, 5.41) is 6.27. The van der Waals surface area contributed by atoms with E-state index in [0.717, 1.165) is 12.1 Å². The number of allylic oxidation sites excluding steroid dienone is 8. The van der Waals surface area contributed by atoms with Crippen molar-refractivity contribution < 1.29 is 0 Å². The van der Waals surface area contributed by atoms with Crippen molar-refractivity contribution >= 4 is 33.1 Å². The molecule has 1 aliphatic rings. The van der Waals surface area contributed by atoms with Crippen molar-refractivity contribution in [2.75, 3.05) is 5.32 Å². The second-order valence-corrected chi connectivity index (χ2v) is 12.0. The van der Waals surface area contributed by atoms with Crippen LogP contribution >= 0.6 is 0 Å². The molecule has 0 spiro atoms. The second-order valence-electron chi connectivity index (χ2n) is 12.0. The molecule has 0 fully saturated rings. The van der Waals surface area contributed by atoms with Crippen LogP contribution in [-0.4, -0.2) is 10.6 Å². The number of para-hydroxylation sites is 1. The van der Waals surface area contributed by atoms with Crippen LogP contribution in [0.4, 0.5) is 5.69 Å². The zero-order chi connectivity index (χ0) is 32.0. The van der Waals surface area contributed by atoms with Crippen LogP contribution in [0.25, 0.3) is 33.1 Å². The van der Waals surface area contributed by atoms with E-state index in [0.29, 0.717) is 0 Å². The predicted molar refractivity (Wildman–Crippen MR) is 199 cm³/mol. The van der Waals surface area contributed by atoms with Gasteiger partial charge < -0.3 is 9.88 Å². The SMILES string of the molecule is C=C/C=C\C=C(/C)c1cc2c3c(c1)c1cc(NC(C)/C=C\C=C/Cc4ccccc4)ccc1n3-c1ccccc1C2(C)C.CC. The number of hydrogen-bond acceptors (Lipinski definition) is 1. The molecule has 2 nitrogen and oxygen atoms in total. The molecule has 1 unspecified atom stereocenters. The fraction of sp³-hybridized carbons (Fsp3) is 0.209. The molecular weight excluding hydrogens is 544 g/mol. The molecule has 45 heavy (non-hydrogen) atoms. The van der Waals surface area contributed by atoms with E-state index in [4.69, 9.17) is 0 Å². The van der Waals surface area contributed by atoms with Gasteiger partial charge in [-0.05, 0) is 84.5 Å². The lowest BCUT2D eigenvalue weighted by molar-refractivity contribution is 0.630. The third kappa shape index (κ3) is 6.37. The van der Waals surface area contributed by atoms with Gasteiger partial charge in [-0.2, -0.15) is 0 Å². The van der Waals surface area contributed by atoms with E-state index < -0.39 is 0 Å². The van der Waals surface area contributed by atoms with Crippen LogP contribution < -0.4 is 5.32 Å². The van der Waals surface area contributed by atoms with Gasteiger partial charge in [-0.1, -0.05) is 131 Å². The number of anilines is 1. The van der Waals surface area contributed by atoms with Gasteiger partial charge in [-0.25, -0.2) is 0 Å². The summed E-state index contributed by atoms with van der Waals surface area (Å²) in [4.78, 5) is 0. The first-order chi connectivity index (χ1) is 21.9. The highest BCUT2D eigenvalue weighted by molar-refractivity contribution is 6.13. The van der Waals surface area contributed by atoms with E-state index in [2.05, 4.69) is 166 Å². The minimum absolute atomic E-state index is 0.124. The summed E-state index contributed by atoms with van der Waals surface area (Å²) in [6.45, 7) is 16.9. The summed E-state index contributed by atoms with van der Waals surface area (Å²) in [7, 11) is 0. The van der Waals surface area contributed by atoms with Crippen LogP contribution in [0.15, 0.2) is 140 Å². The van der Waals surface area contributed by atoms with E-state index in [1.807, 2.05) is 26.0 Å². The first kappa shape index (κ1) is 31.6. The molecule has 1 N–H and O–H groups in total. The Balaban J connectivity index is 0.00000196. The highest BCUT2D eigenvalue weighted by Gasteiger charge is 2.35. The van der Waals surface area contributed by atoms with E-state index in [1.165, 1.54) is 55.3 Å². The summed E-state index contributed by atoms with van der Waals surface area (Å²) in [6.07, 6.45) is 17.7. The van der Waals surface area contributed by atoms with E-state index >= 15 is 0 Å². The van der Waals surface area contributed by atoms with Gasteiger partial charge in [0.1, 0.15) is 0 Å². The first-order valence-corrected chi connectivity index (χ1v) is 16.2. The van der Waals surface area contributed by atoms with E-state index in [-0.39, 0.29) is 11.5 Å². The van der Waals surface area contributed by atoms with E-state index in [1.54, 1.807) is 0 Å². The Morgan fingerprint density at radius 1 is 0.844 bits per heavy atom. The average Bonchev–Trinajstić information content (AvgIpc) is 3.38. The highest BCUT2D eigenvalue weighted by Crippen LogP contribution is 2.48. The molecule has 0 bridgehead atoms. The van der Waals surface area contributed by atoms with Crippen molar-refractivity contribution in [1.29, 1.82) is 0 Å². The van der Waals surface area contributed by atoms with Gasteiger partial charge in [0.2, 0.25) is 0 Å². The maximum Gasteiger partial charge on any atom is 0.0582 e. The predicted octanol–water partition coefficient (Wildman–Crippen LogP) is 11.8. The van der Waals surface area contributed by atoms with Gasteiger partial charge >= 0.3 is 0 Å². The van der Waals surface area contributed by atoms with Crippen molar-refractivity contribution in [3.05, 3.63) is 162 Å². The lowest BCUT2D eigenvalue weighted by Crippen LogP contribution is -2.26. The van der Waals surface area contributed by atoms with Gasteiger partial charge in [0.15, 0.2) is 0 Å². The summed E-state index contributed by atoms with van der Waals surface area (Å²) < 4.78 is 2.48. The molecule has 2 heteroatoms. The summed E-state index contributed by atoms with van der Waals surface area (Å²) in [5.41, 5.74) is 11.3. The summed E-state index contributed by atoms with van der Waals surface area (Å²) in [6, 6.07) is 31.2. The van der Waals surface area contributed by atoms with Crippen molar-refractivity contribution in [2.45, 2.75) is 59.4 Å². The summed E-state index contributed by atoms with van der Waals surface area (Å²) in [5.74, 6) is 0. The molecule has 6 rings (SSSR count). The Morgan fingerprint density at radius 2 is 1.60 bits per heavy atom. The van der Waals surface area contributed by atoms with Crippen LogP contribution in [0.3, 0.4) is 0 Å². The molecule has 0 amide bonds. The molecule has 228 valence electrons. The van der Waals surface area contributed by atoms with Gasteiger partial charge in [-0.3, -0.25) is 0 Å². The number of hydrogen-bond donors (Lipinski definition) is 1. The van der Waals surface area contributed by atoms with Crippen LogP contribution in [-0.2, 0) is 11.8 Å². The molecule has 1 aromatic heterocycles. The second kappa shape index (κ2) is 13.9. The van der Waals surface area contributed by atoms with E-state index in [9.17, 15) is 0 Å². The lowest BCUT2D eigenvalue weighted by Gasteiger charge is -2.35. The van der Waals surface area contributed by atoms with Crippen molar-refractivity contribution in [3.63, 3.8) is 0 Å². The van der Waals surface area contributed by atoms with Crippen molar-refractivity contribution in [2.24, 2.45) is 0 Å². The van der Waals surface area contributed by atoms with Gasteiger partial charge in [0, 0.05) is 27.9 Å². The number of benzene rings is 4. The third-order valence-corrected chi connectivity index (χ3v) is 8.64. The normalized spacial score (nSPS) is 14.6. The Morgan fingerprint density at radius 3 is 2.38 bits per heavy atom. The molecule has 0 aliphatic carbocycles. The Labute approximate surface area is 269 Å². The fourth-order valence-corrected chi connectivity index (χ4v) is 6.35. The number of nitrogens with one attached hydrogen (secondary N) is 1. The van der Waals surface area contributed by atoms with Crippen molar-refractivity contribution in [3.8, 4) is 5.69 Å². The lowest BCUT2D eigenvalue weighted by atomic mass is 9.74. The molecular formula is C43H46N2. The van der Waals surface area contributed by atoms with Gasteiger partial charge in [0.25, 0.3) is 0 Å². The molecule has 2 heterocycles. The molecule has 1 aliphatic heterocycles. The maximum atomic E-state index is 3.82. The van der Waals surface area contributed by atoms with Crippen LogP contribution in [0.5, 0.6) is 0 Å². The number of aromatic nitrogens is 1. The Kier molecular flexibility index (Phi) is 9.74. The van der Waals surface area contributed by atoms with Crippen LogP contribution in [0.2, 0.25) is 0 Å². The first-order valence-electron chi connectivity index (χ1n) is 16.2. The molecule has 4 aromatic carbocycles. The average molecular weight is 591 g/mol. The number of nitrogens with zero attached hydrogens (tertiary/aromatic N) is 1. The molecule has 5 aromatic rings. The molecule has 1 atom stereocenters. The quantitative estimate of drug-likeness (QED) is 0.169. The molecule has 0 saturated carbocycles. The fourth-order valence-electron chi connectivity index (χ4n) is 6.35. The largest absolute Gasteiger partial charge is 0.379 e. The topological polar surface area (TPSA) is 17.0 Å².